The predicted octanol–water partition coefficient (Wildman–Crippen LogP) is 3.64. The van der Waals surface area contributed by atoms with Gasteiger partial charge in [-0.15, -0.1) is 0 Å². The smallest absolute Gasteiger partial charge is 0.267 e. The van der Waals surface area contributed by atoms with Gasteiger partial charge >= 0.3 is 0 Å². The van der Waals surface area contributed by atoms with E-state index in [0.29, 0.717) is 10.7 Å². The molecule has 2 rings (SSSR count). The highest BCUT2D eigenvalue weighted by atomic mass is 127. The predicted molar refractivity (Wildman–Crippen MR) is 100 cm³/mol. The number of benzene rings is 1. The molecule has 1 aromatic rings. The van der Waals surface area contributed by atoms with Gasteiger partial charge in [0, 0.05) is 5.56 Å². The fourth-order valence-electron chi connectivity index (χ4n) is 2.78. The Labute approximate surface area is 153 Å². The van der Waals surface area contributed by atoms with Crippen molar-refractivity contribution in [1.82, 2.24) is 5.32 Å². The highest BCUT2D eigenvalue weighted by molar-refractivity contribution is 14.1. The molecule has 0 aromatic heterocycles. The molecule has 2 atom stereocenters. The molecule has 0 saturated heterocycles. The number of aliphatic hydroxyl groups is 1. The maximum absolute atomic E-state index is 13.9. The molecule has 0 saturated carbocycles. The Morgan fingerprint density at radius 1 is 1.39 bits per heavy atom. The number of thioether (sulfide) groups is 1. The van der Waals surface area contributed by atoms with Crippen molar-refractivity contribution in [2.45, 2.75) is 42.1 Å². The Morgan fingerprint density at radius 2 is 2.00 bits per heavy atom. The Bertz CT molecular complexity index is 645. The Balaban J connectivity index is 2.23. The van der Waals surface area contributed by atoms with Gasteiger partial charge in [-0.1, -0.05) is 66.4 Å². The number of hydrogen-bond acceptors (Lipinski definition) is 4. The molecule has 1 aliphatic rings. The Kier molecular flexibility index (Phi) is 5.42. The van der Waals surface area contributed by atoms with Gasteiger partial charge in [0.25, 0.3) is 5.91 Å². The van der Waals surface area contributed by atoms with E-state index in [9.17, 15) is 14.3 Å². The molecule has 0 aliphatic carbocycles. The van der Waals surface area contributed by atoms with Gasteiger partial charge in [-0.25, -0.2) is 4.39 Å². The molecule has 7 heteroatoms. The molecule has 0 bridgehead atoms. The quantitative estimate of drug-likeness (QED) is 0.418. The maximum atomic E-state index is 13.9. The minimum Gasteiger partial charge on any atom is -0.388 e. The largest absolute Gasteiger partial charge is 0.388 e. The zero-order valence-electron chi connectivity index (χ0n) is 13.4. The summed E-state index contributed by atoms with van der Waals surface area (Å²) in [6.45, 7) is 7.02. The molecule has 0 spiro atoms. The van der Waals surface area contributed by atoms with Gasteiger partial charge < -0.3 is 10.4 Å². The van der Waals surface area contributed by atoms with Crippen LogP contribution in [0.5, 0.6) is 0 Å². The summed E-state index contributed by atoms with van der Waals surface area (Å²) in [5.74, 6) is -0.777. The standard InChI is InChI=1S/C16H20FIN2O2S/c1-9(2)16(15(3,4)22)13(21)20-14(23-16)19-12(18)10-7-5-6-8-11(10)17/h5-9,12,22H,1-4H3,(H,19,20,21)/t12-,16?/m1/s1. The summed E-state index contributed by atoms with van der Waals surface area (Å²) in [5.41, 5.74) is -0.733. The Hall–Kier alpha value is -0.670. The van der Waals surface area contributed by atoms with Crippen LogP contribution in [0.25, 0.3) is 0 Å². The lowest BCUT2D eigenvalue weighted by molar-refractivity contribution is -0.127. The monoisotopic (exact) mass is 450 g/mol. The van der Waals surface area contributed by atoms with E-state index in [4.69, 9.17) is 0 Å². The molecule has 126 valence electrons. The first kappa shape index (κ1) is 18.7. The summed E-state index contributed by atoms with van der Waals surface area (Å²) in [7, 11) is 0. The highest BCUT2D eigenvalue weighted by Gasteiger charge is 2.57. The molecule has 23 heavy (non-hydrogen) atoms. The van der Waals surface area contributed by atoms with Crippen LogP contribution in [0.4, 0.5) is 4.39 Å². The van der Waals surface area contributed by atoms with Crippen LogP contribution in [0.15, 0.2) is 29.3 Å². The lowest BCUT2D eigenvalue weighted by atomic mass is 9.80. The topological polar surface area (TPSA) is 61.7 Å². The summed E-state index contributed by atoms with van der Waals surface area (Å²) >= 11 is 3.28. The molecular formula is C16H20FIN2O2S. The van der Waals surface area contributed by atoms with E-state index in [0.717, 1.165) is 0 Å². The number of halogens is 2. The van der Waals surface area contributed by atoms with Gasteiger partial charge in [-0.05, 0) is 25.8 Å². The number of carbonyl (C=O) groups is 1. The maximum Gasteiger partial charge on any atom is 0.267 e. The second kappa shape index (κ2) is 6.68. The zero-order valence-corrected chi connectivity index (χ0v) is 16.4. The van der Waals surface area contributed by atoms with E-state index in [1.54, 1.807) is 32.0 Å². The van der Waals surface area contributed by atoms with Gasteiger partial charge in [0.1, 0.15) is 14.6 Å². The third-order valence-corrected chi connectivity index (χ3v) is 6.78. The van der Waals surface area contributed by atoms with E-state index in [1.807, 2.05) is 13.8 Å². The van der Waals surface area contributed by atoms with Crippen molar-refractivity contribution < 1.29 is 14.3 Å². The van der Waals surface area contributed by atoms with Crippen molar-refractivity contribution in [1.29, 1.82) is 0 Å². The number of amidine groups is 1. The van der Waals surface area contributed by atoms with Gasteiger partial charge in [0.2, 0.25) is 0 Å². The van der Waals surface area contributed by atoms with Gasteiger partial charge in [0.05, 0.1) is 5.60 Å². The molecule has 0 radical (unpaired) electrons. The van der Waals surface area contributed by atoms with E-state index in [1.165, 1.54) is 17.8 Å². The minimum atomic E-state index is -1.23. The van der Waals surface area contributed by atoms with E-state index in [2.05, 4.69) is 32.9 Å². The lowest BCUT2D eigenvalue weighted by Gasteiger charge is -2.40. The van der Waals surface area contributed by atoms with Gasteiger partial charge in [-0.3, -0.25) is 4.79 Å². The number of nitrogens with one attached hydrogen (secondary N) is 1. The normalized spacial score (nSPS) is 23.1. The molecule has 0 fully saturated rings. The van der Waals surface area contributed by atoms with Crippen molar-refractivity contribution >= 4 is 45.4 Å². The molecule has 4 nitrogen and oxygen atoms in total. The molecular weight excluding hydrogens is 430 g/mol. The highest BCUT2D eigenvalue weighted by Crippen LogP contribution is 2.47. The van der Waals surface area contributed by atoms with Crippen molar-refractivity contribution in [3.05, 3.63) is 35.6 Å². The van der Waals surface area contributed by atoms with Crippen molar-refractivity contribution in [2.24, 2.45) is 10.9 Å². The second-order valence-electron chi connectivity index (χ2n) is 6.30. The van der Waals surface area contributed by atoms with Crippen molar-refractivity contribution in [2.75, 3.05) is 0 Å². The van der Waals surface area contributed by atoms with Crippen molar-refractivity contribution in [3.63, 3.8) is 0 Å². The summed E-state index contributed by atoms with van der Waals surface area (Å²) < 4.78 is 12.5. The average molecular weight is 450 g/mol. The molecule has 1 aromatic carbocycles. The third kappa shape index (κ3) is 3.41. The molecule has 2 N–H and O–H groups in total. The number of aliphatic imine (C=N–C) groups is 1. The van der Waals surface area contributed by atoms with Gasteiger partial charge in [-0.2, -0.15) is 4.99 Å². The number of nitrogens with zero attached hydrogens (tertiary/aromatic N) is 1. The number of carbonyl (C=O) groups excluding carboxylic acids is 1. The zero-order chi connectivity index (χ0) is 17.4. The summed E-state index contributed by atoms with van der Waals surface area (Å²) in [6.07, 6.45) is 0. The second-order valence-corrected chi connectivity index (χ2v) is 8.78. The fraction of sp³-hybridized carbons (Fsp3) is 0.500. The van der Waals surface area contributed by atoms with Crippen LogP contribution < -0.4 is 5.32 Å². The van der Waals surface area contributed by atoms with Crippen LogP contribution in [-0.2, 0) is 4.79 Å². The van der Waals surface area contributed by atoms with Crippen LogP contribution in [0.1, 0.15) is 37.3 Å². The molecule has 1 heterocycles. The lowest BCUT2D eigenvalue weighted by Crippen LogP contribution is -2.55. The van der Waals surface area contributed by atoms with Crippen LogP contribution in [-0.4, -0.2) is 26.5 Å². The first-order chi connectivity index (χ1) is 10.6. The number of amides is 1. The van der Waals surface area contributed by atoms with Crippen LogP contribution in [0.2, 0.25) is 0 Å². The first-order valence-electron chi connectivity index (χ1n) is 7.29. The molecule has 1 unspecified atom stereocenters. The minimum absolute atomic E-state index is 0.107. The van der Waals surface area contributed by atoms with Crippen LogP contribution >= 0.6 is 34.4 Å². The SMILES string of the molecule is CC(C)C1(C(C)(C)O)SC(N[C@@H](I)c2ccccc2F)=NC1=O. The third-order valence-electron chi connectivity index (χ3n) is 3.93. The number of hydrogen-bond donors (Lipinski definition) is 2. The van der Waals surface area contributed by atoms with E-state index < -0.39 is 10.3 Å². The summed E-state index contributed by atoms with van der Waals surface area (Å²) in [5, 5.41) is 14.0. The summed E-state index contributed by atoms with van der Waals surface area (Å²) in [6, 6.07) is 6.47. The van der Waals surface area contributed by atoms with E-state index >= 15 is 0 Å². The van der Waals surface area contributed by atoms with Crippen LogP contribution in [0, 0.1) is 11.7 Å². The number of rotatable bonds is 4. The number of alkyl halides is 1. The summed E-state index contributed by atoms with van der Waals surface area (Å²) in [4.78, 5) is 16.6. The first-order valence-corrected chi connectivity index (χ1v) is 9.35. The Morgan fingerprint density at radius 3 is 2.48 bits per heavy atom. The van der Waals surface area contributed by atoms with Crippen molar-refractivity contribution in [3.8, 4) is 0 Å². The van der Waals surface area contributed by atoms with E-state index in [-0.39, 0.29) is 21.7 Å². The van der Waals surface area contributed by atoms with Crippen LogP contribution in [0.3, 0.4) is 0 Å². The average Bonchev–Trinajstić information content (AvgIpc) is 2.76. The molecule has 1 aliphatic heterocycles. The fourth-order valence-corrected chi connectivity index (χ4v) is 5.02. The van der Waals surface area contributed by atoms with Gasteiger partial charge in [0.15, 0.2) is 5.17 Å². The molecule has 1 amide bonds.